The van der Waals surface area contributed by atoms with E-state index in [2.05, 4.69) is 67.8 Å². The van der Waals surface area contributed by atoms with E-state index in [1.165, 1.54) is 60.8 Å². The van der Waals surface area contributed by atoms with Gasteiger partial charge >= 0.3 is 6.03 Å². The van der Waals surface area contributed by atoms with Crippen LogP contribution in [0.1, 0.15) is 91.4 Å². The monoisotopic (exact) mass is 526 g/mol. The Bertz CT molecular complexity index is 1220. The van der Waals surface area contributed by atoms with Gasteiger partial charge in [0.15, 0.2) is 5.78 Å². The fourth-order valence-electron chi connectivity index (χ4n) is 6.06. The Labute approximate surface area is 235 Å². The van der Waals surface area contributed by atoms with Crippen molar-refractivity contribution in [3.63, 3.8) is 0 Å². The van der Waals surface area contributed by atoms with Gasteiger partial charge in [-0.05, 0) is 84.9 Å². The van der Waals surface area contributed by atoms with E-state index in [4.69, 9.17) is 0 Å². The van der Waals surface area contributed by atoms with Crippen LogP contribution in [0.2, 0.25) is 0 Å². The van der Waals surface area contributed by atoms with Crippen molar-refractivity contribution in [1.29, 1.82) is 0 Å². The molecule has 0 radical (unpaired) electrons. The summed E-state index contributed by atoms with van der Waals surface area (Å²) in [4.78, 5) is 25.0. The fourth-order valence-corrected chi connectivity index (χ4v) is 6.06. The molecule has 0 bridgehead atoms. The van der Waals surface area contributed by atoms with Crippen LogP contribution in [-0.4, -0.2) is 18.4 Å². The standard InChI is InChI=1S/C35H46N2O2/c1-5-34(38)31-15-9-13-28(22-31)21-29-16-17-32(26(4)18-29)23-36-35(39)37-33-20-25(3)24(2)19-30(33)14-8-12-27-10-6-7-11-27/h9,13,15-20,22,26-27,32H,5-8,10-12,14,21,23H2,1-4H3,(H2,36,37,39). The van der Waals surface area contributed by atoms with Gasteiger partial charge in [-0.3, -0.25) is 4.79 Å². The number of hydrogen-bond donors (Lipinski definition) is 2. The van der Waals surface area contributed by atoms with Crippen molar-refractivity contribution in [2.24, 2.45) is 17.8 Å². The van der Waals surface area contributed by atoms with Crippen LogP contribution in [0.25, 0.3) is 0 Å². The minimum absolute atomic E-state index is 0.136. The molecule has 0 saturated heterocycles. The number of amides is 2. The van der Waals surface area contributed by atoms with E-state index in [0.29, 0.717) is 18.9 Å². The Morgan fingerprint density at radius 1 is 1.03 bits per heavy atom. The van der Waals surface area contributed by atoms with E-state index < -0.39 is 0 Å². The van der Waals surface area contributed by atoms with Crippen LogP contribution >= 0.6 is 0 Å². The van der Waals surface area contributed by atoms with Crippen molar-refractivity contribution in [2.75, 3.05) is 11.9 Å². The first-order valence-electron chi connectivity index (χ1n) is 15.0. The molecule has 1 saturated carbocycles. The average Bonchev–Trinajstić information content (AvgIpc) is 3.44. The fraction of sp³-hybridized carbons (Fsp3) is 0.486. The van der Waals surface area contributed by atoms with E-state index in [0.717, 1.165) is 35.6 Å². The molecular formula is C35H46N2O2. The maximum atomic E-state index is 12.9. The summed E-state index contributed by atoms with van der Waals surface area (Å²) in [6.45, 7) is 8.96. The normalized spacial score (nSPS) is 19.1. The lowest BCUT2D eigenvalue weighted by Gasteiger charge is -2.24. The molecule has 2 atom stereocenters. The van der Waals surface area contributed by atoms with Crippen molar-refractivity contribution in [2.45, 2.75) is 85.5 Å². The Morgan fingerprint density at radius 3 is 2.54 bits per heavy atom. The molecule has 0 spiro atoms. The zero-order chi connectivity index (χ0) is 27.8. The summed E-state index contributed by atoms with van der Waals surface area (Å²) in [5, 5.41) is 6.27. The van der Waals surface area contributed by atoms with Crippen LogP contribution in [0.5, 0.6) is 0 Å². The second-order valence-corrected chi connectivity index (χ2v) is 11.7. The van der Waals surface area contributed by atoms with Crippen LogP contribution in [0, 0.1) is 31.6 Å². The van der Waals surface area contributed by atoms with Crippen molar-refractivity contribution in [3.05, 3.63) is 88.0 Å². The summed E-state index contributed by atoms with van der Waals surface area (Å²) >= 11 is 0. The smallest absolute Gasteiger partial charge is 0.319 e. The second-order valence-electron chi connectivity index (χ2n) is 11.7. The first-order valence-corrected chi connectivity index (χ1v) is 15.0. The van der Waals surface area contributed by atoms with Gasteiger partial charge in [-0.25, -0.2) is 4.79 Å². The molecule has 0 aromatic heterocycles. The number of aryl methyl sites for hydroxylation is 3. The Balaban J connectivity index is 1.29. The van der Waals surface area contributed by atoms with Gasteiger partial charge in [-0.1, -0.05) is 88.4 Å². The van der Waals surface area contributed by atoms with Crippen molar-refractivity contribution in [1.82, 2.24) is 5.32 Å². The number of allylic oxidation sites excluding steroid dienone is 3. The number of benzene rings is 2. The third-order valence-corrected chi connectivity index (χ3v) is 8.69. The summed E-state index contributed by atoms with van der Waals surface area (Å²) in [5.41, 5.74) is 7.87. The number of ketones is 1. The summed E-state index contributed by atoms with van der Waals surface area (Å²) in [5.74, 6) is 1.64. The second kappa shape index (κ2) is 13.8. The molecule has 1 fully saturated rings. The highest BCUT2D eigenvalue weighted by molar-refractivity contribution is 5.96. The van der Waals surface area contributed by atoms with Gasteiger partial charge in [-0.2, -0.15) is 0 Å². The molecule has 2 aromatic rings. The number of carbonyl (C=O) groups excluding carboxylic acids is 2. The van der Waals surface area contributed by atoms with Gasteiger partial charge < -0.3 is 10.6 Å². The number of hydrogen-bond acceptors (Lipinski definition) is 2. The number of nitrogens with one attached hydrogen (secondary N) is 2. The Morgan fingerprint density at radius 2 is 1.79 bits per heavy atom. The first kappa shape index (κ1) is 28.9. The lowest BCUT2D eigenvalue weighted by atomic mass is 9.85. The van der Waals surface area contributed by atoms with Crippen LogP contribution in [0.15, 0.2) is 60.2 Å². The Hall–Kier alpha value is -3.14. The summed E-state index contributed by atoms with van der Waals surface area (Å²) in [7, 11) is 0. The molecule has 0 aliphatic heterocycles. The molecule has 208 valence electrons. The molecular weight excluding hydrogens is 480 g/mol. The van der Waals surface area contributed by atoms with Crippen LogP contribution in [-0.2, 0) is 12.8 Å². The van der Waals surface area contributed by atoms with Gasteiger partial charge in [0, 0.05) is 30.1 Å². The number of rotatable bonds is 11. The van der Waals surface area contributed by atoms with E-state index in [-0.39, 0.29) is 17.7 Å². The van der Waals surface area contributed by atoms with Gasteiger partial charge in [0.2, 0.25) is 0 Å². The molecule has 0 heterocycles. The van der Waals surface area contributed by atoms with Crippen molar-refractivity contribution < 1.29 is 9.59 Å². The zero-order valence-corrected chi connectivity index (χ0v) is 24.3. The number of Topliss-reactive ketones (excluding diaryl/α,β-unsaturated/α-hetero) is 1. The highest BCUT2D eigenvalue weighted by Gasteiger charge is 2.19. The Kier molecular flexibility index (Phi) is 10.2. The van der Waals surface area contributed by atoms with Gasteiger partial charge in [0.25, 0.3) is 0 Å². The third kappa shape index (κ3) is 8.17. The summed E-state index contributed by atoms with van der Waals surface area (Å²) in [6, 6.07) is 12.2. The van der Waals surface area contributed by atoms with Gasteiger partial charge in [0.05, 0.1) is 0 Å². The molecule has 4 rings (SSSR count). The molecule has 2 aromatic carbocycles. The maximum Gasteiger partial charge on any atom is 0.319 e. The SMILES string of the molecule is CCC(=O)c1cccc(CC2=CC(C)C(CNC(=O)Nc3cc(C)c(C)cc3CCCC3CCCC3)C=C2)c1. The van der Waals surface area contributed by atoms with Gasteiger partial charge in [-0.15, -0.1) is 0 Å². The molecule has 2 amide bonds. The topological polar surface area (TPSA) is 58.2 Å². The van der Waals surface area contributed by atoms with E-state index in [9.17, 15) is 9.59 Å². The van der Waals surface area contributed by atoms with Crippen LogP contribution in [0.3, 0.4) is 0 Å². The lowest BCUT2D eigenvalue weighted by Crippen LogP contribution is -2.35. The molecule has 4 heteroatoms. The van der Waals surface area contributed by atoms with E-state index in [1.54, 1.807) is 0 Å². The predicted octanol–water partition coefficient (Wildman–Crippen LogP) is 8.52. The molecule has 2 N–H and O–H groups in total. The van der Waals surface area contributed by atoms with Gasteiger partial charge in [0.1, 0.15) is 0 Å². The number of carbonyl (C=O) groups is 2. The molecule has 2 aliphatic carbocycles. The quantitative estimate of drug-likeness (QED) is 0.288. The molecule has 2 unspecified atom stereocenters. The van der Waals surface area contributed by atoms with Crippen LogP contribution in [0.4, 0.5) is 10.5 Å². The predicted molar refractivity (Wildman–Crippen MR) is 162 cm³/mol. The van der Waals surface area contributed by atoms with Crippen molar-refractivity contribution >= 4 is 17.5 Å². The highest BCUT2D eigenvalue weighted by atomic mass is 16.2. The van der Waals surface area contributed by atoms with Crippen molar-refractivity contribution in [3.8, 4) is 0 Å². The minimum Gasteiger partial charge on any atom is -0.337 e. The van der Waals surface area contributed by atoms with Crippen LogP contribution < -0.4 is 10.6 Å². The largest absolute Gasteiger partial charge is 0.337 e. The van der Waals surface area contributed by atoms with E-state index in [1.807, 2.05) is 25.1 Å². The van der Waals surface area contributed by atoms with E-state index >= 15 is 0 Å². The lowest BCUT2D eigenvalue weighted by molar-refractivity contribution is 0.0988. The zero-order valence-electron chi connectivity index (χ0n) is 24.3. The average molecular weight is 527 g/mol. The number of anilines is 1. The maximum absolute atomic E-state index is 12.9. The molecule has 39 heavy (non-hydrogen) atoms. The molecule has 4 nitrogen and oxygen atoms in total. The summed E-state index contributed by atoms with van der Waals surface area (Å²) in [6.07, 6.45) is 17.1. The summed E-state index contributed by atoms with van der Waals surface area (Å²) < 4.78 is 0. The number of urea groups is 1. The molecule has 2 aliphatic rings. The third-order valence-electron chi connectivity index (χ3n) is 8.69. The highest BCUT2D eigenvalue weighted by Crippen LogP contribution is 2.30. The first-order chi connectivity index (χ1) is 18.8. The minimum atomic E-state index is -0.136.